The Morgan fingerprint density at radius 3 is 1.73 bits per heavy atom. The molecule has 26 heavy (non-hydrogen) atoms. The van der Waals surface area contributed by atoms with Gasteiger partial charge in [-0.3, -0.25) is 4.79 Å². The zero-order valence-electron chi connectivity index (χ0n) is 15.6. The van der Waals surface area contributed by atoms with Crippen molar-refractivity contribution in [2.75, 3.05) is 13.3 Å². The molecule has 6 heteroatoms. The van der Waals surface area contributed by atoms with Crippen molar-refractivity contribution in [3.63, 3.8) is 0 Å². The van der Waals surface area contributed by atoms with Crippen LogP contribution in [0.2, 0.25) is 0 Å². The van der Waals surface area contributed by atoms with Gasteiger partial charge in [-0.1, -0.05) is 66.6 Å². The number of hydrogen-bond acceptors (Lipinski definition) is 4. The highest BCUT2D eigenvalue weighted by Crippen LogP contribution is 2.44. The highest BCUT2D eigenvalue weighted by molar-refractivity contribution is 7.78. The number of carbonyl (C=O) groups excluding carboxylic acids is 1. The van der Waals surface area contributed by atoms with E-state index in [4.69, 9.17) is 10.5 Å². The van der Waals surface area contributed by atoms with Crippen LogP contribution in [0.4, 0.5) is 0 Å². The van der Waals surface area contributed by atoms with Crippen LogP contribution < -0.4 is 16.3 Å². The second kappa shape index (κ2) is 9.36. The zero-order valence-corrected chi connectivity index (χ0v) is 17.3. The van der Waals surface area contributed by atoms with E-state index in [1.807, 2.05) is 62.4 Å². The van der Waals surface area contributed by atoms with E-state index in [2.05, 4.69) is 0 Å². The van der Waals surface area contributed by atoms with Crippen LogP contribution in [0.1, 0.15) is 18.1 Å². The molecule has 0 saturated heterocycles. The Kier molecular flexibility index (Phi) is 8.08. The molecule has 0 bridgehead atoms. The summed E-state index contributed by atoms with van der Waals surface area (Å²) < 4.78 is 18.8. The lowest BCUT2D eigenvalue weighted by molar-refractivity contribution is -0.145. The average Bonchev–Trinajstić information content (AvgIpc) is 2.61. The first kappa shape index (κ1) is 22.4. The number of methoxy groups -OCH3 is 1. The van der Waals surface area contributed by atoms with Crippen molar-refractivity contribution < 1.29 is 14.1 Å². The highest BCUT2D eigenvalue weighted by Gasteiger charge is 2.33. The average molecular weight is 396 g/mol. The number of benzene rings is 2. The molecule has 2 atom stereocenters. The fourth-order valence-corrected chi connectivity index (χ4v) is 5.64. The molecule has 0 amide bonds. The van der Waals surface area contributed by atoms with Gasteiger partial charge in [-0.15, -0.1) is 12.4 Å². The molecule has 0 aliphatic heterocycles. The van der Waals surface area contributed by atoms with E-state index in [-0.39, 0.29) is 24.5 Å². The molecule has 2 N–H and O–H groups in total. The Balaban J connectivity index is 0.00000338. The van der Waals surface area contributed by atoms with Crippen molar-refractivity contribution in [3.05, 3.63) is 59.7 Å². The molecule has 0 spiro atoms. The van der Waals surface area contributed by atoms with Crippen molar-refractivity contribution in [3.8, 4) is 0 Å². The molecular formula is C20H27ClNO3P. The molecule has 142 valence electrons. The maximum absolute atomic E-state index is 14.0. The minimum absolute atomic E-state index is 0. The van der Waals surface area contributed by atoms with Crippen LogP contribution >= 0.6 is 19.5 Å². The Labute approximate surface area is 161 Å². The number of esters is 1. The van der Waals surface area contributed by atoms with Crippen LogP contribution in [-0.2, 0) is 14.1 Å². The van der Waals surface area contributed by atoms with Gasteiger partial charge in [0.1, 0.15) is 7.14 Å². The normalized spacial score (nSPS) is 13.4. The summed E-state index contributed by atoms with van der Waals surface area (Å²) in [7, 11) is -1.62. The van der Waals surface area contributed by atoms with Crippen molar-refractivity contribution in [1.82, 2.24) is 0 Å². The van der Waals surface area contributed by atoms with Gasteiger partial charge >= 0.3 is 5.97 Å². The molecule has 4 nitrogen and oxygen atoms in total. The molecular weight excluding hydrogens is 369 g/mol. The van der Waals surface area contributed by atoms with E-state index in [0.29, 0.717) is 0 Å². The van der Waals surface area contributed by atoms with Gasteiger partial charge in [-0.25, -0.2) is 0 Å². The van der Waals surface area contributed by atoms with E-state index in [9.17, 15) is 9.36 Å². The largest absolute Gasteiger partial charge is 0.469 e. The summed E-state index contributed by atoms with van der Waals surface area (Å²) in [4.78, 5) is 11.8. The first-order chi connectivity index (χ1) is 11.8. The van der Waals surface area contributed by atoms with Gasteiger partial charge in [0.15, 0.2) is 0 Å². The van der Waals surface area contributed by atoms with Gasteiger partial charge in [-0.2, -0.15) is 0 Å². The van der Waals surface area contributed by atoms with E-state index in [0.717, 1.165) is 21.7 Å². The third-order valence-corrected chi connectivity index (χ3v) is 7.79. The summed E-state index contributed by atoms with van der Waals surface area (Å²) >= 11 is 0. The molecule has 2 rings (SSSR count). The predicted molar refractivity (Wildman–Crippen MR) is 111 cm³/mol. The number of ether oxygens (including phenoxy) is 1. The van der Waals surface area contributed by atoms with E-state index >= 15 is 0 Å². The summed E-state index contributed by atoms with van der Waals surface area (Å²) in [5.74, 6) is -0.902. The Hall–Kier alpha value is -1.61. The molecule has 0 fully saturated rings. The number of rotatable bonds is 6. The summed E-state index contributed by atoms with van der Waals surface area (Å²) in [6.45, 7) is 5.70. The van der Waals surface area contributed by atoms with Crippen LogP contribution in [0.15, 0.2) is 48.5 Å². The van der Waals surface area contributed by atoms with Gasteiger partial charge in [0, 0.05) is 22.8 Å². The van der Waals surface area contributed by atoms with E-state index in [1.165, 1.54) is 7.11 Å². The lowest BCUT2D eigenvalue weighted by atomic mass is 10.1. The monoisotopic (exact) mass is 395 g/mol. The van der Waals surface area contributed by atoms with Crippen molar-refractivity contribution in [2.24, 2.45) is 11.7 Å². The molecule has 0 aromatic heterocycles. The predicted octanol–water partition coefficient (Wildman–Crippen LogP) is 3.18. The van der Waals surface area contributed by atoms with Crippen LogP contribution in [0.3, 0.4) is 0 Å². The molecule has 2 aromatic carbocycles. The van der Waals surface area contributed by atoms with Crippen LogP contribution in [0.5, 0.6) is 0 Å². The molecule has 0 aliphatic carbocycles. The molecule has 2 unspecified atom stereocenters. The molecule has 0 saturated carbocycles. The third-order valence-electron chi connectivity index (χ3n) is 4.59. The third kappa shape index (κ3) is 4.97. The van der Waals surface area contributed by atoms with Crippen molar-refractivity contribution >= 4 is 36.1 Å². The van der Waals surface area contributed by atoms with Crippen LogP contribution in [0, 0.1) is 19.8 Å². The van der Waals surface area contributed by atoms with E-state index < -0.39 is 19.1 Å². The first-order valence-electron chi connectivity index (χ1n) is 8.35. The number of aryl methyl sites for hydroxylation is 2. The second-order valence-corrected chi connectivity index (χ2v) is 9.45. The summed E-state index contributed by atoms with van der Waals surface area (Å²) in [5, 5.41) is 1.52. The second-order valence-electron chi connectivity index (χ2n) is 6.57. The molecule has 0 heterocycles. The number of halogens is 1. The molecule has 0 aliphatic rings. The Morgan fingerprint density at radius 1 is 1.00 bits per heavy atom. The first-order valence-corrected chi connectivity index (χ1v) is 10.2. The maximum Gasteiger partial charge on any atom is 0.309 e. The fraction of sp³-hybridized carbons (Fsp3) is 0.350. The number of carbonyl (C=O) groups is 1. The van der Waals surface area contributed by atoms with Crippen molar-refractivity contribution in [1.29, 1.82) is 0 Å². The van der Waals surface area contributed by atoms with Gasteiger partial charge < -0.3 is 15.0 Å². The highest BCUT2D eigenvalue weighted by atomic mass is 35.5. The van der Waals surface area contributed by atoms with E-state index in [1.54, 1.807) is 6.92 Å². The summed E-state index contributed by atoms with van der Waals surface area (Å²) in [5.41, 5.74) is 8.45. The molecule has 2 aromatic rings. The van der Waals surface area contributed by atoms with Crippen molar-refractivity contribution in [2.45, 2.75) is 26.8 Å². The van der Waals surface area contributed by atoms with Gasteiger partial charge in [0.05, 0.1) is 13.0 Å². The fourth-order valence-electron chi connectivity index (χ4n) is 2.75. The summed E-state index contributed by atoms with van der Waals surface area (Å²) in [6.07, 6.45) is 0.218. The minimum Gasteiger partial charge on any atom is -0.469 e. The number of nitrogens with two attached hydrogens (primary N) is 1. The zero-order chi connectivity index (χ0) is 18.6. The Morgan fingerprint density at radius 2 is 1.38 bits per heavy atom. The van der Waals surface area contributed by atoms with Crippen LogP contribution in [0.25, 0.3) is 0 Å². The SMILES string of the molecule is COC(=O)C(C)C(N)CP(=O)(c1ccc(C)cc1)c1ccc(C)cc1.Cl. The van der Waals surface area contributed by atoms with Gasteiger partial charge in [0.25, 0.3) is 0 Å². The standard InChI is InChI=1S/C20H26NO3P.ClH/c1-14-5-9-17(10-6-14)25(23,18-11-7-15(2)8-12-18)13-19(21)16(3)20(22)24-4;/h5-12,16,19H,13,21H2,1-4H3;1H. The van der Waals surface area contributed by atoms with Gasteiger partial charge in [0.2, 0.25) is 0 Å². The lowest BCUT2D eigenvalue weighted by Crippen LogP contribution is -2.39. The quantitative estimate of drug-likeness (QED) is 0.602. The maximum atomic E-state index is 14.0. The minimum atomic E-state index is -2.96. The van der Waals surface area contributed by atoms with Crippen LogP contribution in [-0.4, -0.2) is 25.3 Å². The summed E-state index contributed by atoms with van der Waals surface area (Å²) in [6, 6.07) is 14.8. The lowest BCUT2D eigenvalue weighted by Gasteiger charge is -2.25. The Bertz CT molecular complexity index is 725. The number of hydrogen-bond donors (Lipinski definition) is 1. The molecule has 0 radical (unpaired) electrons. The topological polar surface area (TPSA) is 69.4 Å². The smallest absolute Gasteiger partial charge is 0.309 e. The van der Waals surface area contributed by atoms with Gasteiger partial charge in [-0.05, 0) is 13.8 Å².